The summed E-state index contributed by atoms with van der Waals surface area (Å²) in [5.74, 6) is -0.468. The number of carbonyl (C=O) groups excluding carboxylic acids is 1. The first-order chi connectivity index (χ1) is 9.54. The molecule has 1 fully saturated rings. The molecule has 1 aliphatic heterocycles. The Morgan fingerprint density at radius 1 is 1.40 bits per heavy atom. The first kappa shape index (κ1) is 14.7. The minimum absolute atomic E-state index is 0.410. The highest BCUT2D eigenvalue weighted by molar-refractivity contribution is 6.00. The van der Waals surface area contributed by atoms with Crippen LogP contribution in [0.2, 0.25) is 0 Å². The zero-order chi connectivity index (χ0) is 14.7. The van der Waals surface area contributed by atoms with Crippen molar-refractivity contribution in [2.24, 2.45) is 5.73 Å². The molecular weight excluding hydrogens is 252 g/mol. The van der Waals surface area contributed by atoms with Crippen LogP contribution in [0.25, 0.3) is 0 Å². The van der Waals surface area contributed by atoms with E-state index in [1.165, 1.54) is 0 Å². The fourth-order valence-electron chi connectivity index (χ4n) is 2.93. The predicted molar refractivity (Wildman–Crippen MR) is 82.9 cm³/mol. The quantitative estimate of drug-likeness (QED) is 0.816. The minimum atomic E-state index is -0.468. The normalized spacial score (nSPS) is 20.7. The third-order valence-electron chi connectivity index (χ3n) is 4.03. The lowest BCUT2D eigenvalue weighted by Gasteiger charge is -2.33. The standard InChI is InChI=1S/C15H24N4O/c1-3-11-10-18(2)8-5-9-19(11)13-7-4-6-12(14(13)16)15(17)20/h4,6-7,11H,3,5,8-10,16H2,1-2H3,(H2,17,20). The smallest absolute Gasteiger partial charge is 0.250 e. The second kappa shape index (κ2) is 6.13. The Bertz CT molecular complexity index is 489. The summed E-state index contributed by atoms with van der Waals surface area (Å²) in [4.78, 5) is 16.1. The van der Waals surface area contributed by atoms with Gasteiger partial charge in [-0.25, -0.2) is 0 Å². The fourth-order valence-corrected chi connectivity index (χ4v) is 2.93. The lowest BCUT2D eigenvalue weighted by molar-refractivity contribution is 0.100. The van der Waals surface area contributed by atoms with E-state index in [9.17, 15) is 4.79 Å². The third-order valence-corrected chi connectivity index (χ3v) is 4.03. The molecule has 0 spiro atoms. The lowest BCUT2D eigenvalue weighted by Crippen LogP contribution is -2.40. The summed E-state index contributed by atoms with van der Waals surface area (Å²) in [5, 5.41) is 0. The van der Waals surface area contributed by atoms with E-state index in [4.69, 9.17) is 11.5 Å². The molecule has 110 valence electrons. The molecule has 1 amide bonds. The Labute approximate surface area is 120 Å². The first-order valence-electron chi connectivity index (χ1n) is 7.18. The van der Waals surface area contributed by atoms with Gasteiger partial charge in [0.15, 0.2) is 0 Å². The van der Waals surface area contributed by atoms with Crippen LogP contribution in [0, 0.1) is 0 Å². The molecular formula is C15H24N4O. The number of nitrogen functional groups attached to an aromatic ring is 1. The van der Waals surface area contributed by atoms with E-state index < -0.39 is 5.91 Å². The maximum atomic E-state index is 11.4. The van der Waals surface area contributed by atoms with Gasteiger partial charge in [0.25, 0.3) is 5.91 Å². The van der Waals surface area contributed by atoms with E-state index in [0.717, 1.165) is 38.2 Å². The Hall–Kier alpha value is -1.75. The molecule has 0 aliphatic carbocycles. The van der Waals surface area contributed by atoms with E-state index in [1.807, 2.05) is 12.1 Å². The number of hydrogen-bond donors (Lipinski definition) is 2. The van der Waals surface area contributed by atoms with Crippen LogP contribution >= 0.6 is 0 Å². The maximum absolute atomic E-state index is 11.4. The van der Waals surface area contributed by atoms with E-state index in [1.54, 1.807) is 6.07 Å². The van der Waals surface area contributed by atoms with Crippen molar-refractivity contribution >= 4 is 17.3 Å². The molecule has 1 unspecified atom stereocenters. The van der Waals surface area contributed by atoms with Crippen LogP contribution in [0.3, 0.4) is 0 Å². The summed E-state index contributed by atoms with van der Waals surface area (Å²) in [6.45, 7) is 5.24. The molecule has 0 aromatic heterocycles. The number of anilines is 2. The summed E-state index contributed by atoms with van der Waals surface area (Å²) >= 11 is 0. The van der Waals surface area contributed by atoms with Gasteiger partial charge in [-0.1, -0.05) is 13.0 Å². The van der Waals surface area contributed by atoms with E-state index >= 15 is 0 Å². The van der Waals surface area contributed by atoms with E-state index in [-0.39, 0.29) is 0 Å². The molecule has 20 heavy (non-hydrogen) atoms. The molecule has 1 aromatic carbocycles. The van der Waals surface area contributed by atoms with Gasteiger partial charge < -0.3 is 21.3 Å². The van der Waals surface area contributed by atoms with Gasteiger partial charge in [0.1, 0.15) is 0 Å². The molecule has 1 heterocycles. The zero-order valence-electron chi connectivity index (χ0n) is 12.3. The van der Waals surface area contributed by atoms with Gasteiger partial charge in [-0.05, 0) is 38.6 Å². The summed E-state index contributed by atoms with van der Waals surface area (Å²) in [7, 11) is 2.15. The number of likely N-dealkylation sites (N-methyl/N-ethyl adjacent to an activating group) is 1. The summed E-state index contributed by atoms with van der Waals surface area (Å²) in [6, 6.07) is 5.93. The molecule has 1 saturated heterocycles. The van der Waals surface area contributed by atoms with Gasteiger partial charge in [-0.15, -0.1) is 0 Å². The van der Waals surface area contributed by atoms with Crippen LogP contribution < -0.4 is 16.4 Å². The predicted octanol–water partition coefficient (Wildman–Crippen LogP) is 1.29. The molecule has 0 saturated carbocycles. The second-order valence-electron chi connectivity index (χ2n) is 5.47. The molecule has 5 nitrogen and oxygen atoms in total. The minimum Gasteiger partial charge on any atom is -0.396 e. The van der Waals surface area contributed by atoms with Crippen molar-refractivity contribution in [3.05, 3.63) is 23.8 Å². The summed E-state index contributed by atoms with van der Waals surface area (Å²) in [6.07, 6.45) is 2.14. The number of rotatable bonds is 3. The van der Waals surface area contributed by atoms with Crippen molar-refractivity contribution in [1.82, 2.24) is 4.90 Å². The average molecular weight is 276 g/mol. The number of carbonyl (C=O) groups is 1. The number of primary amides is 1. The number of hydrogen-bond acceptors (Lipinski definition) is 4. The SMILES string of the molecule is CCC1CN(C)CCCN1c1cccc(C(N)=O)c1N. The van der Waals surface area contributed by atoms with Crippen LogP contribution in [0.4, 0.5) is 11.4 Å². The monoisotopic (exact) mass is 276 g/mol. The van der Waals surface area contributed by atoms with Crippen molar-refractivity contribution in [2.45, 2.75) is 25.8 Å². The number of para-hydroxylation sites is 1. The highest BCUT2D eigenvalue weighted by Gasteiger charge is 2.24. The third kappa shape index (κ3) is 2.88. The van der Waals surface area contributed by atoms with Gasteiger partial charge in [0, 0.05) is 19.1 Å². The molecule has 0 radical (unpaired) electrons. The number of amides is 1. The highest BCUT2D eigenvalue weighted by Crippen LogP contribution is 2.30. The van der Waals surface area contributed by atoms with Crippen LogP contribution in [0.1, 0.15) is 30.1 Å². The lowest BCUT2D eigenvalue weighted by atomic mass is 10.1. The van der Waals surface area contributed by atoms with E-state index in [0.29, 0.717) is 17.3 Å². The first-order valence-corrected chi connectivity index (χ1v) is 7.18. The molecule has 1 atom stereocenters. The Balaban J connectivity index is 2.38. The number of benzene rings is 1. The van der Waals surface area contributed by atoms with Gasteiger partial charge in [0.05, 0.1) is 16.9 Å². The van der Waals surface area contributed by atoms with Gasteiger partial charge in [-0.2, -0.15) is 0 Å². The van der Waals surface area contributed by atoms with Crippen molar-refractivity contribution in [3.8, 4) is 0 Å². The Kier molecular flexibility index (Phi) is 4.49. The van der Waals surface area contributed by atoms with Gasteiger partial charge in [-0.3, -0.25) is 4.79 Å². The van der Waals surface area contributed by atoms with Crippen LogP contribution in [-0.4, -0.2) is 43.5 Å². The number of nitrogens with two attached hydrogens (primary N) is 2. The van der Waals surface area contributed by atoms with Crippen molar-refractivity contribution in [1.29, 1.82) is 0 Å². The Morgan fingerprint density at radius 3 is 2.80 bits per heavy atom. The van der Waals surface area contributed by atoms with Crippen LogP contribution in [0.15, 0.2) is 18.2 Å². The average Bonchev–Trinajstić information content (AvgIpc) is 2.60. The van der Waals surface area contributed by atoms with Crippen LogP contribution in [0.5, 0.6) is 0 Å². The van der Waals surface area contributed by atoms with Crippen molar-refractivity contribution < 1.29 is 4.79 Å². The van der Waals surface area contributed by atoms with Crippen molar-refractivity contribution in [2.75, 3.05) is 37.3 Å². The molecule has 2 rings (SSSR count). The van der Waals surface area contributed by atoms with E-state index in [2.05, 4.69) is 23.8 Å². The second-order valence-corrected chi connectivity index (χ2v) is 5.47. The Morgan fingerprint density at radius 2 is 2.15 bits per heavy atom. The number of nitrogens with zero attached hydrogens (tertiary/aromatic N) is 2. The van der Waals surface area contributed by atoms with Gasteiger partial charge in [0.2, 0.25) is 0 Å². The fraction of sp³-hybridized carbons (Fsp3) is 0.533. The van der Waals surface area contributed by atoms with Crippen molar-refractivity contribution in [3.63, 3.8) is 0 Å². The highest BCUT2D eigenvalue weighted by atomic mass is 16.1. The molecule has 5 heteroatoms. The topological polar surface area (TPSA) is 75.6 Å². The molecule has 0 bridgehead atoms. The van der Waals surface area contributed by atoms with Crippen LogP contribution in [-0.2, 0) is 0 Å². The molecule has 4 N–H and O–H groups in total. The van der Waals surface area contributed by atoms with Gasteiger partial charge >= 0.3 is 0 Å². The largest absolute Gasteiger partial charge is 0.396 e. The summed E-state index contributed by atoms with van der Waals surface area (Å²) in [5.41, 5.74) is 13.4. The molecule has 1 aliphatic rings. The molecule has 1 aromatic rings. The summed E-state index contributed by atoms with van der Waals surface area (Å²) < 4.78 is 0. The zero-order valence-corrected chi connectivity index (χ0v) is 12.3. The maximum Gasteiger partial charge on any atom is 0.250 e.